The van der Waals surface area contributed by atoms with Crippen LogP contribution in [0.3, 0.4) is 0 Å². The second-order valence-electron chi connectivity index (χ2n) is 2.80. The lowest BCUT2D eigenvalue weighted by Crippen LogP contribution is -1.84. The number of hydrogen-bond acceptors (Lipinski definition) is 3. The first-order chi connectivity index (χ1) is 5.92. The molecule has 1 aromatic heterocycles. The Morgan fingerprint density at radius 1 is 1.33 bits per heavy atom. The van der Waals surface area contributed by atoms with Gasteiger partial charge in [0.05, 0.1) is 11.7 Å². The molecule has 62 valence electrons. The largest absolute Gasteiger partial charge is 0.173 e. The summed E-state index contributed by atoms with van der Waals surface area (Å²) >= 11 is 1.29. The van der Waals surface area contributed by atoms with Gasteiger partial charge in [0.15, 0.2) is 0 Å². The predicted octanol–water partition coefficient (Wildman–Crippen LogP) is 2.64. The Morgan fingerprint density at radius 3 is 3.08 bits per heavy atom. The minimum absolute atomic E-state index is 1.03. The van der Waals surface area contributed by atoms with Crippen molar-refractivity contribution in [2.45, 2.75) is 19.8 Å². The highest BCUT2D eigenvalue weighted by atomic mass is 32.1. The Balaban J connectivity index is 2.57. The Morgan fingerprint density at radius 2 is 2.25 bits per heavy atom. The molecule has 0 aliphatic heterocycles. The minimum atomic E-state index is 1.03. The zero-order chi connectivity index (χ0) is 8.39. The summed E-state index contributed by atoms with van der Waals surface area (Å²) in [5.74, 6) is 0. The summed E-state index contributed by atoms with van der Waals surface area (Å²) in [5.41, 5.74) is 3.44. The van der Waals surface area contributed by atoms with E-state index < -0.39 is 0 Å². The Bertz CT molecular complexity index is 381. The Labute approximate surface area is 75.6 Å². The number of benzene rings is 1. The molecule has 12 heavy (non-hydrogen) atoms. The quantitative estimate of drug-likeness (QED) is 0.706. The van der Waals surface area contributed by atoms with Gasteiger partial charge in [-0.25, -0.2) is 0 Å². The molecule has 0 bridgehead atoms. The van der Waals surface area contributed by atoms with Crippen LogP contribution in [0.15, 0.2) is 18.2 Å². The maximum Gasteiger partial charge on any atom is 0.107 e. The highest BCUT2D eigenvalue weighted by molar-refractivity contribution is 7.00. The molecule has 0 aliphatic carbocycles. The summed E-state index contributed by atoms with van der Waals surface area (Å²) in [6.45, 7) is 2.18. The van der Waals surface area contributed by atoms with Crippen LogP contribution in [0.5, 0.6) is 0 Å². The average Bonchev–Trinajstić information content (AvgIpc) is 2.53. The number of aromatic nitrogens is 2. The smallest absolute Gasteiger partial charge is 0.107 e. The lowest BCUT2D eigenvalue weighted by Gasteiger charge is -1.96. The van der Waals surface area contributed by atoms with Gasteiger partial charge in [-0.05, 0) is 18.1 Å². The van der Waals surface area contributed by atoms with E-state index in [0.717, 1.165) is 23.9 Å². The molecule has 0 saturated carbocycles. The van der Waals surface area contributed by atoms with E-state index in [9.17, 15) is 0 Å². The molecule has 0 spiro atoms. The molecule has 0 fully saturated rings. The normalized spacial score (nSPS) is 10.8. The topological polar surface area (TPSA) is 25.8 Å². The lowest BCUT2D eigenvalue weighted by atomic mass is 10.1. The van der Waals surface area contributed by atoms with E-state index >= 15 is 0 Å². The Kier molecular flexibility index (Phi) is 2.04. The predicted molar refractivity (Wildman–Crippen MR) is 51.4 cm³/mol. The number of fused-ring (bicyclic) bond motifs is 1. The first-order valence-electron chi connectivity index (χ1n) is 4.12. The summed E-state index contributed by atoms with van der Waals surface area (Å²) in [6, 6.07) is 6.19. The van der Waals surface area contributed by atoms with Gasteiger partial charge in [0.1, 0.15) is 11.0 Å². The fourth-order valence-electron chi connectivity index (χ4n) is 1.33. The second kappa shape index (κ2) is 3.19. The van der Waals surface area contributed by atoms with Crippen molar-refractivity contribution in [1.29, 1.82) is 0 Å². The van der Waals surface area contributed by atoms with Crippen LogP contribution >= 0.6 is 11.7 Å². The molecule has 2 aromatic rings. The summed E-state index contributed by atoms with van der Waals surface area (Å²) in [6.07, 6.45) is 2.26. The van der Waals surface area contributed by atoms with Gasteiger partial charge >= 0.3 is 0 Å². The summed E-state index contributed by atoms with van der Waals surface area (Å²) in [7, 11) is 0. The van der Waals surface area contributed by atoms with E-state index in [-0.39, 0.29) is 0 Å². The molecular weight excluding hydrogens is 168 g/mol. The summed E-state index contributed by atoms with van der Waals surface area (Å²) < 4.78 is 8.46. The molecule has 0 amide bonds. The van der Waals surface area contributed by atoms with Crippen LogP contribution in [-0.4, -0.2) is 8.75 Å². The third-order valence-corrected chi connectivity index (χ3v) is 2.43. The molecule has 1 aromatic carbocycles. The van der Waals surface area contributed by atoms with Crippen LogP contribution < -0.4 is 0 Å². The Hall–Kier alpha value is -0.960. The summed E-state index contributed by atoms with van der Waals surface area (Å²) in [5, 5.41) is 0. The number of hydrogen-bond donors (Lipinski definition) is 0. The maximum atomic E-state index is 4.27. The van der Waals surface area contributed by atoms with Crippen molar-refractivity contribution in [3.8, 4) is 0 Å². The van der Waals surface area contributed by atoms with Crippen LogP contribution in [0.1, 0.15) is 18.9 Å². The van der Waals surface area contributed by atoms with E-state index in [1.54, 1.807) is 0 Å². The van der Waals surface area contributed by atoms with E-state index in [4.69, 9.17) is 0 Å². The first kappa shape index (κ1) is 7.68. The fourth-order valence-corrected chi connectivity index (χ4v) is 1.90. The van der Waals surface area contributed by atoms with Crippen molar-refractivity contribution >= 4 is 22.8 Å². The van der Waals surface area contributed by atoms with Crippen molar-refractivity contribution in [3.63, 3.8) is 0 Å². The van der Waals surface area contributed by atoms with E-state index in [1.165, 1.54) is 17.3 Å². The number of rotatable bonds is 2. The van der Waals surface area contributed by atoms with Crippen molar-refractivity contribution in [3.05, 3.63) is 23.8 Å². The van der Waals surface area contributed by atoms with Crippen molar-refractivity contribution in [1.82, 2.24) is 8.75 Å². The van der Waals surface area contributed by atoms with Crippen LogP contribution in [0.4, 0.5) is 0 Å². The minimum Gasteiger partial charge on any atom is -0.173 e. The van der Waals surface area contributed by atoms with Crippen molar-refractivity contribution in [2.75, 3.05) is 0 Å². The molecule has 0 N–H and O–H groups in total. The highest BCUT2D eigenvalue weighted by Crippen LogP contribution is 2.17. The van der Waals surface area contributed by atoms with Crippen LogP contribution in [0.2, 0.25) is 0 Å². The molecule has 0 radical (unpaired) electrons. The molecular formula is C9H10N2S. The van der Waals surface area contributed by atoms with Gasteiger partial charge in [-0.3, -0.25) is 0 Å². The average molecular weight is 178 g/mol. The van der Waals surface area contributed by atoms with Gasteiger partial charge in [-0.1, -0.05) is 25.5 Å². The van der Waals surface area contributed by atoms with Crippen molar-refractivity contribution < 1.29 is 0 Å². The van der Waals surface area contributed by atoms with Crippen molar-refractivity contribution in [2.24, 2.45) is 0 Å². The van der Waals surface area contributed by atoms with Gasteiger partial charge in [0, 0.05) is 0 Å². The second-order valence-corrected chi connectivity index (χ2v) is 3.33. The monoisotopic (exact) mass is 178 g/mol. The summed E-state index contributed by atoms with van der Waals surface area (Å²) in [4.78, 5) is 0. The van der Waals surface area contributed by atoms with Gasteiger partial charge < -0.3 is 0 Å². The fraction of sp³-hybridized carbons (Fsp3) is 0.333. The van der Waals surface area contributed by atoms with Gasteiger partial charge in [0.2, 0.25) is 0 Å². The lowest BCUT2D eigenvalue weighted by molar-refractivity contribution is 0.928. The molecule has 2 rings (SSSR count). The maximum absolute atomic E-state index is 4.27. The van der Waals surface area contributed by atoms with Crippen LogP contribution in [-0.2, 0) is 6.42 Å². The molecule has 3 heteroatoms. The molecule has 2 nitrogen and oxygen atoms in total. The molecule has 0 atom stereocenters. The zero-order valence-corrected chi connectivity index (χ0v) is 7.77. The van der Waals surface area contributed by atoms with Gasteiger partial charge in [-0.15, -0.1) is 0 Å². The number of nitrogens with zero attached hydrogens (tertiary/aromatic N) is 2. The molecule has 0 unspecified atom stereocenters. The third-order valence-electron chi connectivity index (χ3n) is 1.89. The van der Waals surface area contributed by atoms with Gasteiger partial charge in [-0.2, -0.15) is 8.75 Å². The standard InChI is InChI=1S/C9H10N2S/c1-2-4-7-5-3-6-8-9(7)11-12-10-8/h3,5-6H,2,4H2,1H3. The van der Waals surface area contributed by atoms with Crippen LogP contribution in [0.25, 0.3) is 11.0 Å². The van der Waals surface area contributed by atoms with E-state index in [1.807, 2.05) is 6.07 Å². The van der Waals surface area contributed by atoms with E-state index in [2.05, 4.69) is 27.8 Å². The third kappa shape index (κ3) is 1.20. The highest BCUT2D eigenvalue weighted by Gasteiger charge is 2.02. The molecule has 0 aliphatic rings. The molecule has 1 heterocycles. The first-order valence-corrected chi connectivity index (χ1v) is 4.85. The SMILES string of the molecule is CCCc1cccc2nsnc12. The molecule has 0 saturated heterocycles. The van der Waals surface area contributed by atoms with Gasteiger partial charge in [0.25, 0.3) is 0 Å². The number of aryl methyl sites for hydroxylation is 1. The van der Waals surface area contributed by atoms with Crippen LogP contribution in [0, 0.1) is 0 Å². The van der Waals surface area contributed by atoms with E-state index in [0.29, 0.717) is 0 Å². The zero-order valence-electron chi connectivity index (χ0n) is 6.95.